The molecule has 2 N–H and O–H groups in total. The van der Waals surface area contributed by atoms with Crippen molar-refractivity contribution in [2.45, 2.75) is 24.5 Å². The molecule has 1 aliphatic heterocycles. The maximum absolute atomic E-state index is 12.7. The topological polar surface area (TPSA) is 81.3 Å². The van der Waals surface area contributed by atoms with Gasteiger partial charge in [-0.3, -0.25) is 5.10 Å². The molecule has 1 saturated heterocycles. The molecule has 1 fully saturated rings. The molecule has 0 saturated carbocycles. The van der Waals surface area contributed by atoms with Crippen LogP contribution in [0, 0.1) is 5.92 Å². The van der Waals surface area contributed by atoms with E-state index in [-0.39, 0.29) is 11.1 Å². The second-order valence-corrected chi connectivity index (χ2v) is 7.46. The van der Waals surface area contributed by atoms with Crippen LogP contribution in [-0.2, 0) is 16.6 Å². The van der Waals surface area contributed by atoms with Gasteiger partial charge in [-0.05, 0) is 27.1 Å². The fraction of sp³-hybridized carbons (Fsp3) is 0.750. The maximum Gasteiger partial charge on any atom is 0.260 e. The normalized spacial score (nSPS) is 24.6. The van der Waals surface area contributed by atoms with Crippen molar-refractivity contribution in [3.8, 4) is 0 Å². The first kappa shape index (κ1) is 15.4. The van der Waals surface area contributed by atoms with Crippen LogP contribution in [0.1, 0.15) is 12.5 Å². The molecule has 8 heteroatoms. The summed E-state index contributed by atoms with van der Waals surface area (Å²) in [6.45, 7) is 3.63. The second kappa shape index (κ2) is 5.80. The van der Waals surface area contributed by atoms with E-state index < -0.39 is 10.0 Å². The third-order valence-electron chi connectivity index (χ3n) is 3.85. The number of sulfonamides is 1. The Morgan fingerprint density at radius 2 is 2.20 bits per heavy atom. The van der Waals surface area contributed by atoms with E-state index in [0.29, 0.717) is 31.1 Å². The highest BCUT2D eigenvalue weighted by Crippen LogP contribution is 2.26. The van der Waals surface area contributed by atoms with Crippen molar-refractivity contribution in [2.75, 3.05) is 34.2 Å². The van der Waals surface area contributed by atoms with Gasteiger partial charge in [0.05, 0.1) is 6.20 Å². The fourth-order valence-electron chi connectivity index (χ4n) is 2.74. The number of aromatic amines is 1. The zero-order chi connectivity index (χ0) is 14.9. The van der Waals surface area contributed by atoms with Crippen LogP contribution >= 0.6 is 0 Å². The molecule has 1 aromatic heterocycles. The number of nitrogens with zero attached hydrogens (tertiary/aromatic N) is 3. The minimum Gasteiger partial charge on any atom is -0.316 e. The predicted molar refractivity (Wildman–Crippen MR) is 76.7 cm³/mol. The van der Waals surface area contributed by atoms with Gasteiger partial charge in [0.15, 0.2) is 5.03 Å². The lowest BCUT2D eigenvalue weighted by Gasteiger charge is -2.22. The molecule has 114 valence electrons. The lowest BCUT2D eigenvalue weighted by molar-refractivity contribution is 0.263. The Morgan fingerprint density at radius 3 is 2.75 bits per heavy atom. The van der Waals surface area contributed by atoms with E-state index in [1.165, 1.54) is 0 Å². The summed E-state index contributed by atoms with van der Waals surface area (Å²) in [5.74, 6) is 0.315. The highest BCUT2D eigenvalue weighted by molar-refractivity contribution is 7.89. The van der Waals surface area contributed by atoms with E-state index in [0.717, 1.165) is 0 Å². The van der Waals surface area contributed by atoms with E-state index in [1.807, 2.05) is 14.1 Å². The molecule has 0 amide bonds. The maximum atomic E-state index is 12.7. The van der Waals surface area contributed by atoms with Gasteiger partial charge in [-0.25, -0.2) is 8.42 Å². The molecule has 2 rings (SSSR count). The summed E-state index contributed by atoms with van der Waals surface area (Å²) in [6.07, 6.45) is 1.56. The van der Waals surface area contributed by atoms with Crippen LogP contribution in [0.5, 0.6) is 0 Å². The number of likely N-dealkylation sites (N-methyl/N-ethyl adjacent to an activating group) is 1. The number of rotatable bonds is 5. The average Bonchev–Trinajstić information content (AvgIpc) is 2.96. The van der Waals surface area contributed by atoms with Crippen LogP contribution in [0.2, 0.25) is 0 Å². The number of hydrogen-bond acceptors (Lipinski definition) is 5. The minimum absolute atomic E-state index is 0.207. The van der Waals surface area contributed by atoms with Gasteiger partial charge >= 0.3 is 0 Å². The van der Waals surface area contributed by atoms with E-state index >= 15 is 0 Å². The van der Waals surface area contributed by atoms with Gasteiger partial charge < -0.3 is 10.2 Å². The molecule has 1 aliphatic rings. The molecule has 2 unspecified atom stereocenters. The third-order valence-corrected chi connectivity index (χ3v) is 5.69. The summed E-state index contributed by atoms with van der Waals surface area (Å²) in [5, 5.41) is 9.67. The van der Waals surface area contributed by atoms with Crippen molar-refractivity contribution in [3.63, 3.8) is 0 Å². The second-order valence-electron chi connectivity index (χ2n) is 5.58. The Labute approximate surface area is 120 Å². The molecular weight excluding hydrogens is 278 g/mol. The molecule has 0 aliphatic carbocycles. The van der Waals surface area contributed by atoms with Gasteiger partial charge in [0, 0.05) is 31.2 Å². The Morgan fingerprint density at radius 1 is 1.50 bits per heavy atom. The van der Waals surface area contributed by atoms with Gasteiger partial charge in [-0.2, -0.15) is 9.40 Å². The molecule has 2 atom stereocenters. The van der Waals surface area contributed by atoms with Crippen LogP contribution in [0.15, 0.2) is 11.2 Å². The van der Waals surface area contributed by atoms with Crippen molar-refractivity contribution in [1.29, 1.82) is 0 Å². The smallest absolute Gasteiger partial charge is 0.260 e. The van der Waals surface area contributed by atoms with Gasteiger partial charge in [0.2, 0.25) is 0 Å². The van der Waals surface area contributed by atoms with Crippen molar-refractivity contribution >= 4 is 10.0 Å². The summed E-state index contributed by atoms with van der Waals surface area (Å²) < 4.78 is 27.0. The number of H-pyrrole nitrogens is 1. The highest BCUT2D eigenvalue weighted by Gasteiger charge is 2.39. The van der Waals surface area contributed by atoms with Crippen molar-refractivity contribution in [2.24, 2.45) is 5.92 Å². The summed E-state index contributed by atoms with van der Waals surface area (Å²) in [4.78, 5) is 2.08. The van der Waals surface area contributed by atoms with Crippen LogP contribution < -0.4 is 5.32 Å². The first-order valence-corrected chi connectivity index (χ1v) is 8.15. The molecule has 7 nitrogen and oxygen atoms in total. The SMILES string of the molecule is CNCc1cn[nH]c1S(=O)(=O)N1CC(C)C(N(C)C)C1. The monoisotopic (exact) mass is 301 g/mol. The number of aromatic nitrogens is 2. The molecule has 0 radical (unpaired) electrons. The first-order valence-electron chi connectivity index (χ1n) is 6.71. The quantitative estimate of drug-likeness (QED) is 0.780. The Bertz CT molecular complexity index is 554. The Balaban J connectivity index is 2.25. The van der Waals surface area contributed by atoms with Crippen molar-refractivity contribution in [3.05, 3.63) is 11.8 Å². The third kappa shape index (κ3) is 2.73. The summed E-state index contributed by atoms with van der Waals surface area (Å²) in [7, 11) is 2.25. The zero-order valence-corrected chi connectivity index (χ0v) is 13.2. The van der Waals surface area contributed by atoms with Gasteiger partial charge in [-0.15, -0.1) is 0 Å². The summed E-state index contributed by atoms with van der Waals surface area (Å²) >= 11 is 0. The Hall–Kier alpha value is -0.960. The number of hydrogen-bond donors (Lipinski definition) is 2. The first-order chi connectivity index (χ1) is 9.37. The number of nitrogens with one attached hydrogen (secondary N) is 2. The molecule has 2 heterocycles. The predicted octanol–water partition coefficient (Wildman–Crippen LogP) is -0.300. The van der Waals surface area contributed by atoms with E-state index in [2.05, 4.69) is 27.3 Å². The highest BCUT2D eigenvalue weighted by atomic mass is 32.2. The lowest BCUT2D eigenvalue weighted by atomic mass is 10.1. The van der Waals surface area contributed by atoms with Crippen LogP contribution in [0.4, 0.5) is 0 Å². The van der Waals surface area contributed by atoms with E-state index in [1.54, 1.807) is 17.5 Å². The van der Waals surface area contributed by atoms with E-state index in [4.69, 9.17) is 0 Å². The standard InChI is InChI=1S/C12H23N5O2S/c1-9-7-17(8-11(9)16(3)4)20(18,19)12-10(5-13-2)6-14-15-12/h6,9,11,13H,5,7-8H2,1-4H3,(H,14,15). The minimum atomic E-state index is -3.50. The lowest BCUT2D eigenvalue weighted by Crippen LogP contribution is -2.36. The average molecular weight is 301 g/mol. The molecule has 0 bridgehead atoms. The van der Waals surface area contributed by atoms with Gasteiger partial charge in [0.25, 0.3) is 10.0 Å². The summed E-state index contributed by atoms with van der Waals surface area (Å²) in [5.41, 5.74) is 0.674. The molecular formula is C12H23N5O2S. The van der Waals surface area contributed by atoms with Crippen LogP contribution in [0.3, 0.4) is 0 Å². The zero-order valence-electron chi connectivity index (χ0n) is 12.4. The fourth-order valence-corrected chi connectivity index (χ4v) is 4.41. The molecule has 0 aromatic carbocycles. The van der Waals surface area contributed by atoms with Crippen LogP contribution in [-0.4, -0.2) is 68.1 Å². The van der Waals surface area contributed by atoms with Crippen LogP contribution in [0.25, 0.3) is 0 Å². The van der Waals surface area contributed by atoms with Gasteiger partial charge in [0.1, 0.15) is 0 Å². The largest absolute Gasteiger partial charge is 0.316 e. The molecule has 1 aromatic rings. The van der Waals surface area contributed by atoms with Crippen molar-refractivity contribution < 1.29 is 8.42 Å². The molecule has 0 spiro atoms. The summed E-state index contributed by atoms with van der Waals surface area (Å²) in [6, 6.07) is 0.250. The van der Waals surface area contributed by atoms with Crippen molar-refractivity contribution in [1.82, 2.24) is 24.7 Å². The Kier molecular flexibility index (Phi) is 4.48. The van der Waals surface area contributed by atoms with E-state index in [9.17, 15) is 8.42 Å². The molecule has 20 heavy (non-hydrogen) atoms. The van der Waals surface area contributed by atoms with Gasteiger partial charge in [-0.1, -0.05) is 6.92 Å².